The Labute approximate surface area is 98.2 Å². The second-order valence-electron chi connectivity index (χ2n) is 2.94. The molecule has 0 atom stereocenters. The molecule has 0 aromatic carbocycles. The number of hydrogen-bond donors (Lipinski definition) is 2. The summed E-state index contributed by atoms with van der Waals surface area (Å²) >= 11 is 5.90. The van der Waals surface area contributed by atoms with Gasteiger partial charge in [0.2, 0.25) is 0 Å². The number of carbonyl (C=O) groups is 1. The Bertz CT molecular complexity index is 373. The normalized spacial score (nSPS) is 9.88. The summed E-state index contributed by atoms with van der Waals surface area (Å²) < 4.78 is 4.57. The minimum absolute atomic E-state index is 0.181. The highest BCUT2D eigenvalue weighted by molar-refractivity contribution is 6.30. The summed E-state index contributed by atoms with van der Waals surface area (Å²) in [5.74, 6) is 0.649. The number of amides is 1. The van der Waals surface area contributed by atoms with Crippen molar-refractivity contribution < 1.29 is 9.53 Å². The van der Waals surface area contributed by atoms with Crippen LogP contribution < -0.4 is 11.1 Å². The van der Waals surface area contributed by atoms with Crippen molar-refractivity contribution in [3.05, 3.63) is 17.0 Å². The van der Waals surface area contributed by atoms with Crippen LogP contribution in [0.3, 0.4) is 0 Å². The third-order valence-corrected chi connectivity index (χ3v) is 2.21. The number of aromatic nitrogens is 2. The van der Waals surface area contributed by atoms with Crippen LogP contribution in [0, 0.1) is 0 Å². The average molecular weight is 245 g/mol. The van der Waals surface area contributed by atoms with Crippen molar-refractivity contribution in [1.82, 2.24) is 9.97 Å². The molecule has 0 saturated carbocycles. The molecule has 3 N–H and O–H groups in total. The molecule has 0 bridgehead atoms. The minimum atomic E-state index is -0.793. The van der Waals surface area contributed by atoms with Gasteiger partial charge in [-0.2, -0.15) is 0 Å². The maximum absolute atomic E-state index is 10.3. The Balaban J connectivity index is 2.53. The number of rotatable bonds is 5. The highest BCUT2D eigenvalue weighted by Crippen LogP contribution is 2.19. The summed E-state index contributed by atoms with van der Waals surface area (Å²) in [5.41, 5.74) is 5.65. The van der Waals surface area contributed by atoms with Crippen LogP contribution in [0.2, 0.25) is 5.15 Å². The van der Waals surface area contributed by atoms with E-state index >= 15 is 0 Å². The van der Waals surface area contributed by atoms with E-state index in [1.165, 1.54) is 6.33 Å². The van der Waals surface area contributed by atoms with Crippen LogP contribution in [0.1, 0.15) is 12.5 Å². The van der Waals surface area contributed by atoms with Crippen molar-refractivity contribution in [3.8, 4) is 0 Å². The van der Waals surface area contributed by atoms with Gasteiger partial charge >= 0.3 is 6.09 Å². The lowest BCUT2D eigenvalue weighted by molar-refractivity contribution is 0.161. The van der Waals surface area contributed by atoms with E-state index in [1.807, 2.05) is 6.92 Å². The first-order valence-corrected chi connectivity index (χ1v) is 5.18. The third-order valence-electron chi connectivity index (χ3n) is 1.89. The third kappa shape index (κ3) is 3.54. The molecule has 16 heavy (non-hydrogen) atoms. The zero-order valence-corrected chi connectivity index (χ0v) is 9.62. The summed E-state index contributed by atoms with van der Waals surface area (Å²) in [7, 11) is 0. The van der Waals surface area contributed by atoms with E-state index in [9.17, 15) is 4.79 Å². The number of primary amides is 1. The summed E-state index contributed by atoms with van der Waals surface area (Å²) in [6.45, 7) is 2.55. The molecule has 1 rings (SSSR count). The Kier molecular flexibility index (Phi) is 4.78. The van der Waals surface area contributed by atoms with E-state index in [0.717, 1.165) is 12.0 Å². The van der Waals surface area contributed by atoms with Gasteiger partial charge in [-0.25, -0.2) is 14.8 Å². The molecule has 7 heteroatoms. The van der Waals surface area contributed by atoms with Crippen molar-refractivity contribution in [2.45, 2.75) is 13.3 Å². The van der Waals surface area contributed by atoms with Crippen molar-refractivity contribution in [2.75, 3.05) is 18.5 Å². The molecular formula is C9H13ClN4O2. The van der Waals surface area contributed by atoms with Crippen molar-refractivity contribution >= 4 is 23.5 Å². The van der Waals surface area contributed by atoms with Crippen molar-refractivity contribution in [3.63, 3.8) is 0 Å². The lowest BCUT2D eigenvalue weighted by Crippen LogP contribution is -2.19. The summed E-state index contributed by atoms with van der Waals surface area (Å²) in [6, 6.07) is 0. The molecule has 0 fully saturated rings. The Morgan fingerprint density at radius 2 is 2.38 bits per heavy atom. The molecule has 0 aliphatic carbocycles. The SMILES string of the molecule is CCc1c(Cl)ncnc1NCCOC(N)=O. The van der Waals surface area contributed by atoms with Gasteiger partial charge in [-0.1, -0.05) is 18.5 Å². The molecule has 0 aliphatic rings. The van der Waals surface area contributed by atoms with E-state index in [2.05, 4.69) is 20.0 Å². The smallest absolute Gasteiger partial charge is 0.404 e. The Morgan fingerprint density at radius 1 is 1.62 bits per heavy atom. The molecule has 0 radical (unpaired) electrons. The van der Waals surface area contributed by atoms with E-state index in [0.29, 0.717) is 17.5 Å². The molecule has 1 aromatic rings. The van der Waals surface area contributed by atoms with E-state index in [1.54, 1.807) is 0 Å². The maximum atomic E-state index is 10.3. The molecule has 1 aromatic heterocycles. The topological polar surface area (TPSA) is 90.1 Å². The van der Waals surface area contributed by atoms with Gasteiger partial charge in [-0.3, -0.25) is 0 Å². The van der Waals surface area contributed by atoms with Crippen molar-refractivity contribution in [2.24, 2.45) is 5.73 Å². The average Bonchev–Trinajstić information content (AvgIpc) is 2.24. The molecule has 1 amide bonds. The lowest BCUT2D eigenvalue weighted by Gasteiger charge is -2.09. The zero-order chi connectivity index (χ0) is 12.0. The molecule has 0 spiro atoms. The van der Waals surface area contributed by atoms with Gasteiger partial charge < -0.3 is 15.8 Å². The van der Waals surface area contributed by atoms with E-state index < -0.39 is 6.09 Å². The number of nitrogens with one attached hydrogen (secondary N) is 1. The predicted molar refractivity (Wildman–Crippen MR) is 60.4 cm³/mol. The molecular weight excluding hydrogens is 232 g/mol. The molecule has 1 heterocycles. The predicted octanol–water partition coefficient (Wildman–Crippen LogP) is 1.20. The van der Waals surface area contributed by atoms with Gasteiger partial charge in [-0.15, -0.1) is 0 Å². The van der Waals surface area contributed by atoms with E-state index in [4.69, 9.17) is 17.3 Å². The first-order chi connectivity index (χ1) is 7.65. The minimum Gasteiger partial charge on any atom is -0.448 e. The highest BCUT2D eigenvalue weighted by atomic mass is 35.5. The monoisotopic (exact) mass is 244 g/mol. The number of anilines is 1. The van der Waals surface area contributed by atoms with Gasteiger partial charge in [0, 0.05) is 5.56 Å². The van der Waals surface area contributed by atoms with Crippen LogP contribution in [0.25, 0.3) is 0 Å². The van der Waals surface area contributed by atoms with Gasteiger partial charge in [0.1, 0.15) is 23.9 Å². The molecule has 0 saturated heterocycles. The summed E-state index contributed by atoms with van der Waals surface area (Å²) in [6.07, 6.45) is 1.30. The fourth-order valence-electron chi connectivity index (χ4n) is 1.18. The number of carbonyl (C=O) groups excluding carboxylic acids is 1. The summed E-state index contributed by atoms with van der Waals surface area (Å²) in [4.78, 5) is 18.2. The van der Waals surface area contributed by atoms with Crippen LogP contribution in [-0.2, 0) is 11.2 Å². The molecule has 6 nitrogen and oxygen atoms in total. The number of hydrogen-bond acceptors (Lipinski definition) is 5. The standard InChI is InChI=1S/C9H13ClN4O2/c1-2-6-7(10)13-5-14-8(6)12-3-4-16-9(11)15/h5H,2-4H2,1H3,(H2,11,15)(H,12,13,14). The lowest BCUT2D eigenvalue weighted by atomic mass is 10.2. The van der Waals surface area contributed by atoms with Crippen LogP contribution in [-0.4, -0.2) is 29.2 Å². The van der Waals surface area contributed by atoms with Crippen LogP contribution >= 0.6 is 11.6 Å². The largest absolute Gasteiger partial charge is 0.448 e. The van der Waals surface area contributed by atoms with Crippen LogP contribution in [0.4, 0.5) is 10.6 Å². The quantitative estimate of drug-likeness (QED) is 0.600. The number of halogens is 1. The van der Waals surface area contributed by atoms with Crippen LogP contribution in [0.5, 0.6) is 0 Å². The Morgan fingerprint density at radius 3 is 3.00 bits per heavy atom. The van der Waals surface area contributed by atoms with Gasteiger partial charge in [0.05, 0.1) is 6.54 Å². The fourth-order valence-corrected chi connectivity index (χ4v) is 1.44. The highest BCUT2D eigenvalue weighted by Gasteiger charge is 2.07. The zero-order valence-electron chi connectivity index (χ0n) is 8.86. The number of nitrogens with zero attached hydrogens (tertiary/aromatic N) is 2. The second-order valence-corrected chi connectivity index (χ2v) is 3.30. The van der Waals surface area contributed by atoms with Crippen LogP contribution in [0.15, 0.2) is 6.33 Å². The summed E-state index contributed by atoms with van der Waals surface area (Å²) in [5, 5.41) is 3.42. The second kappa shape index (κ2) is 6.12. The Hall–Kier alpha value is -1.56. The van der Waals surface area contributed by atoms with E-state index in [-0.39, 0.29) is 6.61 Å². The van der Waals surface area contributed by atoms with Gasteiger partial charge in [0.25, 0.3) is 0 Å². The van der Waals surface area contributed by atoms with Gasteiger partial charge in [-0.05, 0) is 6.42 Å². The molecule has 0 unspecified atom stereocenters. The van der Waals surface area contributed by atoms with Crippen molar-refractivity contribution in [1.29, 1.82) is 0 Å². The maximum Gasteiger partial charge on any atom is 0.404 e. The first-order valence-electron chi connectivity index (χ1n) is 4.80. The molecule has 0 aliphatic heterocycles. The number of ether oxygens (including phenoxy) is 1. The number of nitrogens with two attached hydrogens (primary N) is 1. The first kappa shape index (κ1) is 12.5. The molecule has 88 valence electrons. The fraction of sp³-hybridized carbons (Fsp3) is 0.444. The van der Waals surface area contributed by atoms with Gasteiger partial charge in [0.15, 0.2) is 0 Å².